The molecule has 0 aliphatic carbocycles. The van der Waals surface area contributed by atoms with Gasteiger partial charge in [0.2, 0.25) is 0 Å². The zero-order chi connectivity index (χ0) is 18.7. The number of aryl methyl sites for hydroxylation is 1. The van der Waals surface area contributed by atoms with Crippen LogP contribution in [0.25, 0.3) is 0 Å². The SMILES string of the molecule is Cc1cccc(Nc2ccc(NC(=O)c3ccc(F)c(F)c3F)cn2)c1. The Morgan fingerprint density at radius 1 is 0.962 bits per heavy atom. The molecule has 1 aromatic heterocycles. The first-order valence-electron chi connectivity index (χ1n) is 7.68. The molecule has 3 aromatic rings. The second kappa shape index (κ2) is 7.26. The van der Waals surface area contributed by atoms with Crippen LogP contribution in [0.5, 0.6) is 0 Å². The summed E-state index contributed by atoms with van der Waals surface area (Å²) in [7, 11) is 0. The highest BCUT2D eigenvalue weighted by atomic mass is 19.2. The third-order valence-electron chi connectivity index (χ3n) is 3.59. The summed E-state index contributed by atoms with van der Waals surface area (Å²) in [6, 6.07) is 12.5. The number of amides is 1. The number of rotatable bonds is 4. The lowest BCUT2D eigenvalue weighted by Gasteiger charge is -2.09. The molecule has 4 nitrogen and oxygen atoms in total. The fraction of sp³-hybridized carbons (Fsp3) is 0.0526. The number of nitrogens with one attached hydrogen (secondary N) is 2. The molecule has 0 aliphatic heterocycles. The smallest absolute Gasteiger partial charge is 0.258 e. The number of halogens is 3. The monoisotopic (exact) mass is 357 g/mol. The second-order valence-corrected chi connectivity index (χ2v) is 5.60. The fourth-order valence-electron chi connectivity index (χ4n) is 2.31. The average Bonchev–Trinajstić information content (AvgIpc) is 2.61. The normalized spacial score (nSPS) is 10.5. The van der Waals surface area contributed by atoms with Crippen LogP contribution in [-0.4, -0.2) is 10.9 Å². The van der Waals surface area contributed by atoms with Gasteiger partial charge < -0.3 is 10.6 Å². The minimum Gasteiger partial charge on any atom is -0.340 e. The predicted molar refractivity (Wildman–Crippen MR) is 93.0 cm³/mol. The molecule has 2 aromatic carbocycles. The van der Waals surface area contributed by atoms with E-state index in [1.807, 2.05) is 31.2 Å². The Hall–Kier alpha value is -3.35. The second-order valence-electron chi connectivity index (χ2n) is 5.60. The van der Waals surface area contributed by atoms with Gasteiger partial charge in [-0.25, -0.2) is 18.2 Å². The van der Waals surface area contributed by atoms with E-state index in [4.69, 9.17) is 0 Å². The molecule has 1 amide bonds. The molecule has 0 saturated heterocycles. The highest BCUT2D eigenvalue weighted by Crippen LogP contribution is 2.19. The van der Waals surface area contributed by atoms with Gasteiger partial charge in [0.1, 0.15) is 5.82 Å². The van der Waals surface area contributed by atoms with Gasteiger partial charge in [0.05, 0.1) is 17.4 Å². The molecule has 0 radical (unpaired) electrons. The van der Waals surface area contributed by atoms with E-state index >= 15 is 0 Å². The quantitative estimate of drug-likeness (QED) is 0.659. The van der Waals surface area contributed by atoms with Crippen molar-refractivity contribution in [2.24, 2.45) is 0 Å². The molecule has 26 heavy (non-hydrogen) atoms. The number of carbonyl (C=O) groups is 1. The molecule has 3 rings (SSSR count). The Morgan fingerprint density at radius 3 is 2.46 bits per heavy atom. The summed E-state index contributed by atoms with van der Waals surface area (Å²) in [4.78, 5) is 16.2. The van der Waals surface area contributed by atoms with Crippen LogP contribution in [0.2, 0.25) is 0 Å². The van der Waals surface area contributed by atoms with Gasteiger partial charge in [0.25, 0.3) is 5.91 Å². The number of benzene rings is 2. The number of anilines is 3. The van der Waals surface area contributed by atoms with Crippen molar-refractivity contribution in [3.63, 3.8) is 0 Å². The summed E-state index contributed by atoms with van der Waals surface area (Å²) in [5.41, 5.74) is 1.64. The number of hydrogen-bond acceptors (Lipinski definition) is 3. The lowest BCUT2D eigenvalue weighted by Crippen LogP contribution is -2.15. The van der Waals surface area contributed by atoms with Gasteiger partial charge in [-0.15, -0.1) is 0 Å². The largest absolute Gasteiger partial charge is 0.340 e. The maximum absolute atomic E-state index is 13.7. The number of pyridine rings is 1. The molecule has 1 heterocycles. The van der Waals surface area contributed by atoms with E-state index in [2.05, 4.69) is 15.6 Å². The van der Waals surface area contributed by atoms with Gasteiger partial charge in [-0.1, -0.05) is 12.1 Å². The zero-order valence-corrected chi connectivity index (χ0v) is 13.7. The van der Waals surface area contributed by atoms with E-state index in [-0.39, 0.29) is 5.69 Å². The van der Waals surface area contributed by atoms with Crippen LogP contribution in [0.4, 0.5) is 30.4 Å². The van der Waals surface area contributed by atoms with Gasteiger partial charge in [0, 0.05) is 5.69 Å². The summed E-state index contributed by atoms with van der Waals surface area (Å²) in [5.74, 6) is -4.93. The van der Waals surface area contributed by atoms with E-state index < -0.39 is 28.9 Å². The summed E-state index contributed by atoms with van der Waals surface area (Å²) >= 11 is 0. The van der Waals surface area contributed by atoms with Crippen molar-refractivity contribution in [3.05, 3.63) is 83.3 Å². The Morgan fingerprint density at radius 2 is 1.77 bits per heavy atom. The molecular formula is C19H14F3N3O. The highest BCUT2D eigenvalue weighted by molar-refractivity contribution is 6.04. The number of hydrogen-bond donors (Lipinski definition) is 2. The summed E-state index contributed by atoms with van der Waals surface area (Å²) in [6.45, 7) is 1.97. The van der Waals surface area contributed by atoms with Crippen LogP contribution in [0.15, 0.2) is 54.7 Å². The molecule has 7 heteroatoms. The lowest BCUT2D eigenvalue weighted by molar-refractivity contribution is 0.102. The summed E-state index contributed by atoms with van der Waals surface area (Å²) in [6.07, 6.45) is 1.37. The van der Waals surface area contributed by atoms with E-state index in [1.165, 1.54) is 6.20 Å². The number of aromatic nitrogens is 1. The molecule has 0 unspecified atom stereocenters. The number of carbonyl (C=O) groups excluding carboxylic acids is 1. The first kappa shape index (κ1) is 17.5. The van der Waals surface area contributed by atoms with Crippen molar-refractivity contribution < 1.29 is 18.0 Å². The van der Waals surface area contributed by atoms with Crippen LogP contribution in [0, 0.1) is 24.4 Å². The zero-order valence-electron chi connectivity index (χ0n) is 13.7. The Kier molecular flexibility index (Phi) is 4.88. The molecule has 0 aliphatic rings. The van der Waals surface area contributed by atoms with Crippen LogP contribution in [0.1, 0.15) is 15.9 Å². The predicted octanol–water partition coefficient (Wildman–Crippen LogP) is 4.80. The maximum Gasteiger partial charge on any atom is 0.258 e. The van der Waals surface area contributed by atoms with Gasteiger partial charge in [-0.05, 0) is 48.9 Å². The number of nitrogens with zero attached hydrogens (tertiary/aromatic N) is 1. The van der Waals surface area contributed by atoms with Crippen LogP contribution >= 0.6 is 0 Å². The average molecular weight is 357 g/mol. The van der Waals surface area contributed by atoms with Crippen LogP contribution in [-0.2, 0) is 0 Å². The standard InChI is InChI=1S/C19H14F3N3O/c1-11-3-2-4-12(9-11)24-16-8-5-13(10-23-16)25-19(26)14-6-7-15(20)18(22)17(14)21/h2-10H,1H3,(H,23,24)(H,25,26). The molecule has 0 bridgehead atoms. The van der Waals surface area contributed by atoms with E-state index in [0.29, 0.717) is 11.9 Å². The Balaban J connectivity index is 1.71. The van der Waals surface area contributed by atoms with Gasteiger partial charge >= 0.3 is 0 Å². The lowest BCUT2D eigenvalue weighted by atomic mass is 10.2. The molecule has 132 valence electrons. The van der Waals surface area contributed by atoms with Crippen molar-refractivity contribution in [1.82, 2.24) is 4.98 Å². The van der Waals surface area contributed by atoms with Crippen molar-refractivity contribution in [3.8, 4) is 0 Å². The minimum atomic E-state index is -1.69. The third-order valence-corrected chi connectivity index (χ3v) is 3.59. The van der Waals surface area contributed by atoms with Crippen molar-refractivity contribution in [2.75, 3.05) is 10.6 Å². The molecule has 0 spiro atoms. The summed E-state index contributed by atoms with van der Waals surface area (Å²) in [5, 5.41) is 5.49. The van der Waals surface area contributed by atoms with Crippen LogP contribution < -0.4 is 10.6 Å². The van der Waals surface area contributed by atoms with Gasteiger partial charge in [-0.2, -0.15) is 0 Å². The van der Waals surface area contributed by atoms with E-state index in [1.54, 1.807) is 12.1 Å². The van der Waals surface area contributed by atoms with E-state index in [9.17, 15) is 18.0 Å². The van der Waals surface area contributed by atoms with Crippen LogP contribution in [0.3, 0.4) is 0 Å². The van der Waals surface area contributed by atoms with Crippen molar-refractivity contribution in [2.45, 2.75) is 6.92 Å². The van der Waals surface area contributed by atoms with Gasteiger partial charge in [0.15, 0.2) is 17.5 Å². The Labute approximate surface area is 147 Å². The minimum absolute atomic E-state index is 0.286. The first-order valence-corrected chi connectivity index (χ1v) is 7.68. The molecular weight excluding hydrogens is 343 g/mol. The van der Waals surface area contributed by atoms with Crippen molar-refractivity contribution >= 4 is 23.1 Å². The maximum atomic E-state index is 13.7. The summed E-state index contributed by atoms with van der Waals surface area (Å²) < 4.78 is 39.8. The van der Waals surface area contributed by atoms with Crippen molar-refractivity contribution in [1.29, 1.82) is 0 Å². The third kappa shape index (κ3) is 3.83. The molecule has 2 N–H and O–H groups in total. The molecule has 0 atom stereocenters. The Bertz CT molecular complexity index is 959. The highest BCUT2D eigenvalue weighted by Gasteiger charge is 2.18. The topological polar surface area (TPSA) is 54.0 Å². The molecule has 0 saturated carbocycles. The fourth-order valence-corrected chi connectivity index (χ4v) is 2.31. The van der Waals surface area contributed by atoms with Gasteiger partial charge in [-0.3, -0.25) is 4.79 Å². The molecule has 0 fully saturated rings. The van der Waals surface area contributed by atoms with E-state index in [0.717, 1.165) is 17.3 Å². The first-order chi connectivity index (χ1) is 12.4.